The van der Waals surface area contributed by atoms with Gasteiger partial charge in [-0.1, -0.05) is 42.5 Å². The number of quaternary nitrogens is 1. The molecule has 1 atom stereocenters. The van der Waals surface area contributed by atoms with Gasteiger partial charge in [-0.15, -0.1) is 0 Å². The van der Waals surface area contributed by atoms with Gasteiger partial charge in [0.15, 0.2) is 0 Å². The first-order valence-electron chi connectivity index (χ1n) is 8.71. The quantitative estimate of drug-likeness (QED) is 0.857. The highest BCUT2D eigenvalue weighted by molar-refractivity contribution is 5.76. The van der Waals surface area contributed by atoms with Gasteiger partial charge in [0.05, 0.1) is 27.2 Å². The molecular weight excluding hydrogens is 296 g/mol. The Morgan fingerprint density at radius 2 is 1.67 bits per heavy atom. The molecule has 1 N–H and O–H groups in total. The van der Waals surface area contributed by atoms with Gasteiger partial charge >= 0.3 is 0 Å². The fraction of sp³-hybridized carbons (Fsp3) is 0.333. The molecule has 1 aliphatic heterocycles. The molecule has 0 bridgehead atoms. The highest BCUT2D eigenvalue weighted by atomic mass is 16.5. The van der Waals surface area contributed by atoms with Gasteiger partial charge < -0.3 is 14.5 Å². The van der Waals surface area contributed by atoms with Crippen molar-refractivity contribution in [3.8, 4) is 5.75 Å². The van der Waals surface area contributed by atoms with Crippen LogP contribution in [0.3, 0.4) is 0 Å². The van der Waals surface area contributed by atoms with Crippen molar-refractivity contribution in [3.05, 3.63) is 64.7 Å². The van der Waals surface area contributed by atoms with Gasteiger partial charge in [0.25, 0.3) is 0 Å². The molecule has 3 nitrogen and oxygen atoms in total. The van der Waals surface area contributed by atoms with E-state index in [9.17, 15) is 0 Å². The summed E-state index contributed by atoms with van der Waals surface area (Å²) in [4.78, 5) is 0. The largest absolute Gasteiger partial charge is 0.497 e. The summed E-state index contributed by atoms with van der Waals surface area (Å²) < 4.78 is 6.57. The van der Waals surface area contributed by atoms with Crippen molar-refractivity contribution in [3.63, 3.8) is 0 Å². The molecule has 1 saturated heterocycles. The Balaban J connectivity index is 1.94. The molecule has 0 radical (unpaired) electrons. The maximum atomic E-state index is 5.53. The average Bonchev–Trinajstić information content (AvgIpc) is 2.78. The summed E-state index contributed by atoms with van der Waals surface area (Å²) >= 11 is 0. The van der Waals surface area contributed by atoms with E-state index in [1.165, 1.54) is 22.3 Å². The fourth-order valence-corrected chi connectivity index (χ4v) is 4.16. The van der Waals surface area contributed by atoms with Crippen LogP contribution >= 0.6 is 0 Å². The minimum atomic E-state index is 0.336. The monoisotopic (exact) mass is 321 g/mol. The molecule has 1 fully saturated rings. The van der Waals surface area contributed by atoms with E-state index in [-0.39, 0.29) is 0 Å². The summed E-state index contributed by atoms with van der Waals surface area (Å²) in [6.07, 6.45) is 4.51. The Morgan fingerprint density at radius 1 is 0.958 bits per heavy atom. The molecule has 2 aromatic rings. The average molecular weight is 321 g/mol. The van der Waals surface area contributed by atoms with Crippen molar-refractivity contribution < 1.29 is 9.22 Å². The Bertz CT molecular complexity index is 775. The number of nitrogens with zero attached hydrogens (tertiary/aromatic N) is 1. The number of hydrogen-bond acceptors (Lipinski definition) is 2. The molecule has 0 aromatic heterocycles. The number of ether oxygens (including phenoxy) is 1. The lowest BCUT2D eigenvalue weighted by Gasteiger charge is -2.45. The summed E-state index contributed by atoms with van der Waals surface area (Å²) in [5, 5.41) is 3.51. The Labute approximate surface area is 144 Å². The van der Waals surface area contributed by atoms with E-state index < -0.39 is 0 Å². The van der Waals surface area contributed by atoms with E-state index in [4.69, 9.17) is 4.74 Å². The predicted molar refractivity (Wildman–Crippen MR) is 99.0 cm³/mol. The first-order chi connectivity index (χ1) is 11.7. The second-order valence-corrected chi connectivity index (χ2v) is 7.04. The third kappa shape index (κ3) is 2.54. The summed E-state index contributed by atoms with van der Waals surface area (Å²) in [7, 11) is 4.15. The predicted octanol–water partition coefficient (Wildman–Crippen LogP) is 3.32. The van der Waals surface area contributed by atoms with Crippen LogP contribution in [-0.4, -0.2) is 44.8 Å². The van der Waals surface area contributed by atoms with Crippen molar-refractivity contribution >= 4 is 12.2 Å². The number of benzene rings is 2. The standard InChI is InChI=1S/C21H25N2O/c1-23(13-11-22-12-14-23)21-19-6-4-3-5-16(19)7-8-17-9-10-18(24-2)15-20(17)21/h3-10,15,21-22H,11-14H2,1-2H3/q+1. The molecule has 0 spiro atoms. The number of likely N-dealkylation sites (N-methyl/N-ethyl adjacent to an activating group) is 1. The lowest BCUT2D eigenvalue weighted by Crippen LogP contribution is -2.58. The zero-order valence-electron chi connectivity index (χ0n) is 14.5. The molecular formula is C21H25N2O+. The maximum Gasteiger partial charge on any atom is 0.142 e. The summed E-state index contributed by atoms with van der Waals surface area (Å²) in [5.41, 5.74) is 5.43. The van der Waals surface area contributed by atoms with Gasteiger partial charge in [0.2, 0.25) is 0 Å². The van der Waals surface area contributed by atoms with Gasteiger partial charge in [-0.2, -0.15) is 0 Å². The zero-order valence-corrected chi connectivity index (χ0v) is 14.5. The van der Waals surface area contributed by atoms with Gasteiger partial charge in [0, 0.05) is 24.2 Å². The lowest BCUT2D eigenvalue weighted by molar-refractivity contribution is -0.935. The van der Waals surface area contributed by atoms with Crippen molar-refractivity contribution in [1.29, 1.82) is 0 Å². The van der Waals surface area contributed by atoms with E-state index in [1.54, 1.807) is 7.11 Å². The topological polar surface area (TPSA) is 21.3 Å². The van der Waals surface area contributed by atoms with Crippen LogP contribution in [0, 0.1) is 0 Å². The van der Waals surface area contributed by atoms with Crippen LogP contribution in [0.2, 0.25) is 0 Å². The van der Waals surface area contributed by atoms with Crippen molar-refractivity contribution in [2.24, 2.45) is 0 Å². The Hall–Kier alpha value is -2.10. The Morgan fingerprint density at radius 3 is 2.42 bits per heavy atom. The number of methoxy groups -OCH3 is 1. The molecule has 2 aliphatic rings. The maximum absolute atomic E-state index is 5.53. The SMILES string of the molecule is COc1ccc2c(c1)C([N+]1(C)CCNCC1)c1ccccc1C=C2. The van der Waals surface area contributed by atoms with Gasteiger partial charge in [-0.05, 0) is 23.3 Å². The molecule has 24 heavy (non-hydrogen) atoms. The second kappa shape index (κ2) is 6.08. The van der Waals surface area contributed by atoms with Crippen molar-refractivity contribution in [2.75, 3.05) is 40.3 Å². The molecule has 0 amide bonds. The summed E-state index contributed by atoms with van der Waals surface area (Å²) in [6.45, 7) is 4.41. The third-order valence-electron chi connectivity index (χ3n) is 5.54. The second-order valence-electron chi connectivity index (χ2n) is 7.04. The van der Waals surface area contributed by atoms with Crippen LogP contribution in [0.4, 0.5) is 0 Å². The van der Waals surface area contributed by atoms with E-state index in [0.29, 0.717) is 6.04 Å². The minimum absolute atomic E-state index is 0.336. The first kappa shape index (κ1) is 15.4. The molecule has 1 unspecified atom stereocenters. The third-order valence-corrected chi connectivity index (χ3v) is 5.54. The van der Waals surface area contributed by atoms with Crippen molar-refractivity contribution in [2.45, 2.75) is 6.04 Å². The summed E-state index contributed by atoms with van der Waals surface area (Å²) in [5.74, 6) is 0.938. The number of piperazine rings is 1. The van der Waals surface area contributed by atoms with E-state index in [2.05, 4.69) is 67.0 Å². The van der Waals surface area contributed by atoms with Crippen LogP contribution in [0.1, 0.15) is 28.3 Å². The molecule has 0 saturated carbocycles. The number of rotatable bonds is 2. The molecule has 1 aliphatic carbocycles. The highest BCUT2D eigenvalue weighted by Crippen LogP contribution is 2.41. The fourth-order valence-electron chi connectivity index (χ4n) is 4.16. The van der Waals surface area contributed by atoms with Crippen LogP contribution in [0.25, 0.3) is 12.2 Å². The molecule has 1 heterocycles. The lowest BCUT2D eigenvalue weighted by atomic mass is 9.90. The van der Waals surface area contributed by atoms with E-state index >= 15 is 0 Å². The molecule has 124 valence electrons. The Kier molecular flexibility index (Phi) is 3.91. The molecule has 3 heteroatoms. The van der Waals surface area contributed by atoms with Gasteiger partial charge in [0.1, 0.15) is 11.8 Å². The smallest absolute Gasteiger partial charge is 0.142 e. The zero-order chi connectivity index (χ0) is 16.6. The van der Waals surface area contributed by atoms with Crippen LogP contribution in [0.5, 0.6) is 5.75 Å². The minimum Gasteiger partial charge on any atom is -0.497 e. The number of fused-ring (bicyclic) bond motifs is 2. The van der Waals surface area contributed by atoms with Gasteiger partial charge in [-0.3, -0.25) is 0 Å². The highest BCUT2D eigenvalue weighted by Gasteiger charge is 2.39. The molecule has 2 aromatic carbocycles. The first-order valence-corrected chi connectivity index (χ1v) is 8.71. The number of nitrogens with one attached hydrogen (secondary N) is 1. The van der Waals surface area contributed by atoms with Crippen molar-refractivity contribution in [1.82, 2.24) is 5.32 Å². The van der Waals surface area contributed by atoms with Gasteiger partial charge in [-0.25, -0.2) is 0 Å². The van der Waals surface area contributed by atoms with Crippen LogP contribution < -0.4 is 10.1 Å². The van der Waals surface area contributed by atoms with Crippen LogP contribution in [-0.2, 0) is 0 Å². The molecule has 4 rings (SSSR count). The normalized spacial score (nSPS) is 21.5. The van der Waals surface area contributed by atoms with Crippen LogP contribution in [0.15, 0.2) is 42.5 Å². The summed E-state index contributed by atoms with van der Waals surface area (Å²) in [6, 6.07) is 15.7. The van der Waals surface area contributed by atoms with E-state index in [0.717, 1.165) is 36.4 Å². The van der Waals surface area contributed by atoms with E-state index in [1.807, 2.05) is 0 Å². The number of hydrogen-bond donors (Lipinski definition) is 1.